The second-order valence-electron chi connectivity index (χ2n) is 4.48. The fraction of sp³-hybridized carbons (Fsp3) is 0.294. The van der Waals surface area contributed by atoms with E-state index in [-0.39, 0.29) is 6.61 Å². The number of aliphatic hydroxyl groups is 1. The fourth-order valence-electron chi connectivity index (χ4n) is 1.77. The van der Waals surface area contributed by atoms with Gasteiger partial charge in [0.25, 0.3) is 0 Å². The molecule has 0 fully saturated rings. The standard InChI is InChI=1S/C17H18O3S/c1-13-6-9-16(17(11-13)19-2)20-12-15-8-7-14(21-15)5-3-4-10-18/h6-9,11,18H,4,10,12H2,1-2H3. The van der Waals surface area contributed by atoms with Crippen molar-refractivity contribution in [3.63, 3.8) is 0 Å². The second-order valence-corrected chi connectivity index (χ2v) is 5.65. The molecule has 0 aliphatic carbocycles. The van der Waals surface area contributed by atoms with Crippen molar-refractivity contribution in [2.75, 3.05) is 13.7 Å². The molecule has 4 heteroatoms. The third-order valence-electron chi connectivity index (χ3n) is 2.80. The van der Waals surface area contributed by atoms with Crippen molar-refractivity contribution in [3.8, 4) is 23.3 Å². The molecule has 110 valence electrons. The monoisotopic (exact) mass is 302 g/mol. The minimum absolute atomic E-state index is 0.0988. The van der Waals surface area contributed by atoms with Gasteiger partial charge in [-0.2, -0.15) is 0 Å². The van der Waals surface area contributed by atoms with Crippen LogP contribution in [0.1, 0.15) is 21.7 Å². The van der Waals surface area contributed by atoms with Crippen molar-refractivity contribution in [2.24, 2.45) is 0 Å². The van der Waals surface area contributed by atoms with Gasteiger partial charge < -0.3 is 14.6 Å². The summed E-state index contributed by atoms with van der Waals surface area (Å²) in [6, 6.07) is 9.85. The van der Waals surface area contributed by atoms with E-state index >= 15 is 0 Å². The van der Waals surface area contributed by atoms with Gasteiger partial charge in [-0.15, -0.1) is 11.3 Å². The number of benzene rings is 1. The molecule has 0 saturated carbocycles. The summed E-state index contributed by atoms with van der Waals surface area (Å²) in [5.41, 5.74) is 1.14. The lowest BCUT2D eigenvalue weighted by molar-refractivity contribution is 0.287. The smallest absolute Gasteiger partial charge is 0.161 e. The Labute approximate surface area is 129 Å². The number of aliphatic hydroxyl groups excluding tert-OH is 1. The van der Waals surface area contributed by atoms with Crippen LogP contribution in [0.2, 0.25) is 0 Å². The molecule has 0 amide bonds. The Hall–Kier alpha value is -1.96. The summed E-state index contributed by atoms with van der Waals surface area (Å²) in [6.45, 7) is 2.61. The highest BCUT2D eigenvalue weighted by atomic mass is 32.1. The molecule has 3 nitrogen and oxygen atoms in total. The zero-order valence-electron chi connectivity index (χ0n) is 12.2. The van der Waals surface area contributed by atoms with Crippen molar-refractivity contribution in [3.05, 3.63) is 45.6 Å². The van der Waals surface area contributed by atoms with Crippen LogP contribution in [0.25, 0.3) is 0 Å². The van der Waals surface area contributed by atoms with E-state index in [1.165, 1.54) is 0 Å². The van der Waals surface area contributed by atoms with E-state index in [9.17, 15) is 0 Å². The predicted molar refractivity (Wildman–Crippen MR) is 85.0 cm³/mol. The number of aryl methyl sites for hydroxylation is 1. The van der Waals surface area contributed by atoms with Gasteiger partial charge in [0.05, 0.1) is 18.6 Å². The molecular formula is C17H18O3S. The molecule has 1 heterocycles. The van der Waals surface area contributed by atoms with Gasteiger partial charge in [-0.1, -0.05) is 17.9 Å². The van der Waals surface area contributed by atoms with Gasteiger partial charge in [-0.3, -0.25) is 0 Å². The van der Waals surface area contributed by atoms with E-state index in [1.807, 2.05) is 37.3 Å². The van der Waals surface area contributed by atoms with E-state index in [0.717, 1.165) is 26.8 Å². The zero-order chi connectivity index (χ0) is 15.1. The quantitative estimate of drug-likeness (QED) is 0.861. The first-order valence-corrected chi connectivity index (χ1v) is 7.50. The van der Waals surface area contributed by atoms with Gasteiger partial charge >= 0.3 is 0 Å². The van der Waals surface area contributed by atoms with Crippen LogP contribution in [0.5, 0.6) is 11.5 Å². The Kier molecular flexibility index (Phi) is 5.68. The summed E-state index contributed by atoms with van der Waals surface area (Å²) in [4.78, 5) is 2.09. The van der Waals surface area contributed by atoms with E-state index in [1.54, 1.807) is 18.4 Å². The highest BCUT2D eigenvalue weighted by molar-refractivity contribution is 7.12. The first-order chi connectivity index (χ1) is 10.2. The van der Waals surface area contributed by atoms with E-state index < -0.39 is 0 Å². The predicted octanol–water partition coefficient (Wildman–Crippen LogP) is 3.38. The van der Waals surface area contributed by atoms with E-state index in [0.29, 0.717) is 13.0 Å². The van der Waals surface area contributed by atoms with Crippen molar-refractivity contribution in [1.29, 1.82) is 0 Å². The Morgan fingerprint density at radius 2 is 2.05 bits per heavy atom. The van der Waals surface area contributed by atoms with Gasteiger partial charge in [0.15, 0.2) is 11.5 Å². The SMILES string of the molecule is COc1cc(C)ccc1OCc1ccc(C#CCCO)s1. The lowest BCUT2D eigenvalue weighted by atomic mass is 10.2. The fourth-order valence-corrected chi connectivity index (χ4v) is 2.57. The third-order valence-corrected chi connectivity index (χ3v) is 3.77. The second kappa shape index (κ2) is 7.72. The number of hydrogen-bond donors (Lipinski definition) is 1. The molecule has 1 aromatic carbocycles. The normalized spacial score (nSPS) is 9.86. The zero-order valence-corrected chi connectivity index (χ0v) is 13.0. The lowest BCUT2D eigenvalue weighted by Crippen LogP contribution is -1.96. The highest BCUT2D eigenvalue weighted by Crippen LogP contribution is 2.29. The summed E-state index contributed by atoms with van der Waals surface area (Å²) >= 11 is 1.60. The van der Waals surface area contributed by atoms with Crippen LogP contribution >= 0.6 is 11.3 Å². The van der Waals surface area contributed by atoms with Crippen LogP contribution in [0, 0.1) is 18.8 Å². The number of methoxy groups -OCH3 is 1. The Morgan fingerprint density at radius 3 is 2.81 bits per heavy atom. The van der Waals surface area contributed by atoms with Crippen LogP contribution < -0.4 is 9.47 Å². The Morgan fingerprint density at radius 1 is 1.19 bits per heavy atom. The molecule has 0 aliphatic heterocycles. The minimum atomic E-state index is 0.0988. The number of ether oxygens (including phenoxy) is 2. The maximum Gasteiger partial charge on any atom is 0.161 e. The Bertz CT molecular complexity index is 650. The number of rotatable bonds is 5. The third kappa shape index (κ3) is 4.52. The molecule has 0 saturated heterocycles. The molecule has 0 unspecified atom stereocenters. The molecule has 2 rings (SSSR count). The molecule has 0 atom stereocenters. The minimum Gasteiger partial charge on any atom is -0.493 e. The average Bonchev–Trinajstić information content (AvgIpc) is 2.94. The summed E-state index contributed by atoms with van der Waals surface area (Å²) in [7, 11) is 1.64. The maximum absolute atomic E-state index is 8.70. The summed E-state index contributed by atoms with van der Waals surface area (Å²) < 4.78 is 11.1. The van der Waals surface area contributed by atoms with E-state index in [4.69, 9.17) is 14.6 Å². The largest absolute Gasteiger partial charge is 0.493 e. The van der Waals surface area contributed by atoms with Gasteiger partial charge in [-0.25, -0.2) is 0 Å². The maximum atomic E-state index is 8.70. The topological polar surface area (TPSA) is 38.7 Å². The molecule has 0 aliphatic rings. The molecule has 21 heavy (non-hydrogen) atoms. The van der Waals surface area contributed by atoms with Gasteiger partial charge in [0.1, 0.15) is 6.61 Å². The first-order valence-electron chi connectivity index (χ1n) is 6.69. The average molecular weight is 302 g/mol. The van der Waals surface area contributed by atoms with Gasteiger partial charge in [0.2, 0.25) is 0 Å². The molecule has 1 aromatic heterocycles. The number of thiophene rings is 1. The van der Waals surface area contributed by atoms with Crippen molar-refractivity contribution in [1.82, 2.24) is 0 Å². The van der Waals surface area contributed by atoms with Crippen molar-refractivity contribution < 1.29 is 14.6 Å². The Balaban J connectivity index is 1.99. The molecule has 0 bridgehead atoms. The van der Waals surface area contributed by atoms with Crippen LogP contribution in [-0.4, -0.2) is 18.8 Å². The van der Waals surface area contributed by atoms with Crippen LogP contribution in [0.15, 0.2) is 30.3 Å². The highest BCUT2D eigenvalue weighted by Gasteiger charge is 2.05. The number of hydrogen-bond acceptors (Lipinski definition) is 4. The molecule has 2 aromatic rings. The van der Waals surface area contributed by atoms with E-state index in [2.05, 4.69) is 11.8 Å². The molecular weight excluding hydrogens is 284 g/mol. The molecule has 0 radical (unpaired) electrons. The van der Waals surface area contributed by atoms with Crippen LogP contribution in [-0.2, 0) is 6.61 Å². The molecule has 0 spiro atoms. The molecule has 1 N–H and O–H groups in total. The van der Waals surface area contributed by atoms with Crippen molar-refractivity contribution >= 4 is 11.3 Å². The first kappa shape index (κ1) is 15.4. The summed E-state index contributed by atoms with van der Waals surface area (Å²) in [6.07, 6.45) is 0.504. The van der Waals surface area contributed by atoms with Crippen LogP contribution in [0.4, 0.5) is 0 Å². The van der Waals surface area contributed by atoms with Crippen LogP contribution in [0.3, 0.4) is 0 Å². The lowest BCUT2D eigenvalue weighted by Gasteiger charge is -2.10. The van der Waals surface area contributed by atoms with Gasteiger partial charge in [-0.05, 0) is 36.8 Å². The van der Waals surface area contributed by atoms with Gasteiger partial charge in [0, 0.05) is 11.3 Å². The van der Waals surface area contributed by atoms with Crippen molar-refractivity contribution in [2.45, 2.75) is 20.0 Å². The summed E-state index contributed by atoms with van der Waals surface area (Å²) in [5.74, 6) is 7.42. The summed E-state index contributed by atoms with van der Waals surface area (Å²) in [5, 5.41) is 8.70.